The van der Waals surface area contributed by atoms with Gasteiger partial charge in [-0.05, 0) is 47.7 Å². The molecule has 0 radical (unpaired) electrons. The van der Waals surface area contributed by atoms with Gasteiger partial charge in [0, 0.05) is 23.6 Å². The van der Waals surface area contributed by atoms with Crippen molar-refractivity contribution in [3.05, 3.63) is 22.9 Å². The van der Waals surface area contributed by atoms with Crippen molar-refractivity contribution < 1.29 is 4.74 Å². The quantitative estimate of drug-likeness (QED) is 0.924. The molecule has 4 nitrogen and oxygen atoms in total. The predicted molar refractivity (Wildman–Crippen MR) is 79.3 cm³/mol. The van der Waals surface area contributed by atoms with E-state index >= 15 is 0 Å². The molecule has 19 heavy (non-hydrogen) atoms. The summed E-state index contributed by atoms with van der Waals surface area (Å²) in [6.07, 6.45) is 6.31. The van der Waals surface area contributed by atoms with E-state index in [9.17, 15) is 0 Å². The lowest BCUT2D eigenvalue weighted by molar-refractivity contribution is 0.147. The second-order valence-corrected chi connectivity index (χ2v) is 6.14. The van der Waals surface area contributed by atoms with E-state index in [1.54, 1.807) is 0 Å². The van der Waals surface area contributed by atoms with E-state index in [1.807, 2.05) is 24.0 Å². The molecule has 1 heterocycles. The minimum Gasteiger partial charge on any atom is -0.490 e. The number of aryl methyl sites for hydroxylation is 1. The normalized spacial score (nSPS) is 23.7. The number of hydrogen-bond donors (Lipinski definition) is 1. The van der Waals surface area contributed by atoms with Crippen LogP contribution in [-0.2, 0) is 7.05 Å². The van der Waals surface area contributed by atoms with Gasteiger partial charge in [-0.1, -0.05) is 0 Å². The average molecular weight is 324 g/mol. The summed E-state index contributed by atoms with van der Waals surface area (Å²) in [5.74, 6) is 0.906. The Kier molecular flexibility index (Phi) is 3.50. The number of aromatic nitrogens is 2. The van der Waals surface area contributed by atoms with Crippen molar-refractivity contribution in [1.82, 2.24) is 9.55 Å². The number of ether oxygens (including phenoxy) is 1. The first-order valence-electron chi connectivity index (χ1n) is 6.66. The van der Waals surface area contributed by atoms with Gasteiger partial charge in [0.25, 0.3) is 0 Å². The molecule has 1 aliphatic carbocycles. The zero-order valence-electron chi connectivity index (χ0n) is 11.0. The Morgan fingerprint density at radius 2 is 2.05 bits per heavy atom. The van der Waals surface area contributed by atoms with Crippen molar-refractivity contribution in [3.8, 4) is 5.75 Å². The average Bonchev–Trinajstić information content (AvgIpc) is 2.75. The van der Waals surface area contributed by atoms with Gasteiger partial charge in [0.15, 0.2) is 0 Å². The van der Waals surface area contributed by atoms with Crippen molar-refractivity contribution in [2.24, 2.45) is 12.8 Å². The zero-order chi connectivity index (χ0) is 13.4. The minimum absolute atomic E-state index is 0.289. The van der Waals surface area contributed by atoms with Crippen LogP contribution in [0.2, 0.25) is 0 Å². The van der Waals surface area contributed by atoms with E-state index in [0.717, 1.165) is 46.9 Å². The molecule has 0 atom stereocenters. The third-order valence-corrected chi connectivity index (χ3v) is 4.38. The van der Waals surface area contributed by atoms with Gasteiger partial charge in [-0.3, -0.25) is 0 Å². The maximum atomic E-state index is 6.09. The molecule has 0 amide bonds. The molecule has 102 valence electrons. The molecule has 2 N–H and O–H groups in total. The number of benzene rings is 1. The fraction of sp³-hybridized carbons (Fsp3) is 0.500. The first-order chi connectivity index (χ1) is 9.13. The molecule has 1 aromatic heterocycles. The summed E-state index contributed by atoms with van der Waals surface area (Å²) in [4.78, 5) is 4.36. The van der Waals surface area contributed by atoms with Crippen molar-refractivity contribution >= 4 is 27.0 Å². The molecule has 1 fully saturated rings. The van der Waals surface area contributed by atoms with Gasteiger partial charge in [-0.2, -0.15) is 0 Å². The van der Waals surface area contributed by atoms with Crippen LogP contribution in [0.15, 0.2) is 22.9 Å². The fourth-order valence-electron chi connectivity index (χ4n) is 2.63. The molecule has 5 heteroatoms. The van der Waals surface area contributed by atoms with E-state index in [-0.39, 0.29) is 6.10 Å². The van der Waals surface area contributed by atoms with Crippen LogP contribution in [0.3, 0.4) is 0 Å². The Morgan fingerprint density at radius 1 is 1.32 bits per heavy atom. The molecule has 0 saturated heterocycles. The first kappa shape index (κ1) is 12.9. The topological polar surface area (TPSA) is 53.1 Å². The van der Waals surface area contributed by atoms with Crippen molar-refractivity contribution in [2.45, 2.75) is 37.8 Å². The number of nitrogens with zero attached hydrogens (tertiary/aromatic N) is 2. The van der Waals surface area contributed by atoms with E-state index in [2.05, 4.69) is 27.0 Å². The lowest BCUT2D eigenvalue weighted by atomic mass is 9.94. The Morgan fingerprint density at radius 3 is 2.79 bits per heavy atom. The van der Waals surface area contributed by atoms with Gasteiger partial charge in [0.1, 0.15) is 11.3 Å². The molecule has 0 aliphatic heterocycles. The minimum atomic E-state index is 0.289. The zero-order valence-corrected chi connectivity index (χ0v) is 12.6. The van der Waals surface area contributed by atoms with Crippen LogP contribution in [0.4, 0.5) is 0 Å². The summed E-state index contributed by atoms with van der Waals surface area (Å²) < 4.78 is 9.07. The maximum Gasteiger partial charge on any atom is 0.123 e. The number of rotatable bonds is 2. The predicted octanol–water partition coefficient (Wildman–Crippen LogP) is 2.98. The Labute approximate surface area is 121 Å². The van der Waals surface area contributed by atoms with Crippen LogP contribution < -0.4 is 10.5 Å². The summed E-state index contributed by atoms with van der Waals surface area (Å²) in [6.45, 7) is 0. The smallest absolute Gasteiger partial charge is 0.123 e. The third kappa shape index (κ3) is 2.62. The van der Waals surface area contributed by atoms with Crippen LogP contribution in [0.5, 0.6) is 5.75 Å². The fourth-order valence-corrected chi connectivity index (χ4v) is 3.16. The van der Waals surface area contributed by atoms with Crippen molar-refractivity contribution in [1.29, 1.82) is 0 Å². The summed E-state index contributed by atoms with van der Waals surface area (Å²) in [5, 5.41) is 0. The van der Waals surface area contributed by atoms with Gasteiger partial charge in [0.05, 0.1) is 17.9 Å². The number of nitrogens with two attached hydrogens (primary N) is 1. The summed E-state index contributed by atoms with van der Waals surface area (Å²) in [5.41, 5.74) is 7.97. The molecule has 1 aromatic carbocycles. The standard InChI is InChI=1S/C14H18BrN3O/c1-18-8-17-14-12(15)6-11(7-13(14)18)19-10-4-2-9(16)3-5-10/h6-10H,2-5,16H2,1H3. The molecule has 1 saturated carbocycles. The van der Waals surface area contributed by atoms with Gasteiger partial charge in [0.2, 0.25) is 0 Å². The maximum absolute atomic E-state index is 6.09. The number of halogens is 1. The van der Waals surface area contributed by atoms with Crippen LogP contribution in [0.25, 0.3) is 11.0 Å². The Hall–Kier alpha value is -1.07. The number of hydrogen-bond acceptors (Lipinski definition) is 3. The highest BCUT2D eigenvalue weighted by Gasteiger charge is 2.20. The van der Waals surface area contributed by atoms with Crippen LogP contribution in [0, 0.1) is 0 Å². The van der Waals surface area contributed by atoms with Gasteiger partial charge in [-0.25, -0.2) is 4.98 Å². The van der Waals surface area contributed by atoms with E-state index in [0.29, 0.717) is 6.04 Å². The lowest BCUT2D eigenvalue weighted by Crippen LogP contribution is -2.31. The first-order valence-corrected chi connectivity index (χ1v) is 7.45. The van der Waals surface area contributed by atoms with Gasteiger partial charge in [-0.15, -0.1) is 0 Å². The molecular weight excluding hydrogens is 306 g/mol. The molecule has 0 bridgehead atoms. The van der Waals surface area contributed by atoms with Crippen molar-refractivity contribution in [3.63, 3.8) is 0 Å². The lowest BCUT2D eigenvalue weighted by Gasteiger charge is -2.26. The monoisotopic (exact) mass is 323 g/mol. The Bertz CT molecular complexity index is 588. The summed E-state index contributed by atoms with van der Waals surface area (Å²) in [7, 11) is 1.99. The summed E-state index contributed by atoms with van der Waals surface area (Å²) in [6, 6.07) is 4.41. The summed E-state index contributed by atoms with van der Waals surface area (Å²) >= 11 is 3.56. The second-order valence-electron chi connectivity index (χ2n) is 5.28. The second kappa shape index (κ2) is 5.13. The third-order valence-electron chi connectivity index (χ3n) is 3.78. The van der Waals surface area contributed by atoms with E-state index in [1.165, 1.54) is 0 Å². The van der Waals surface area contributed by atoms with Crippen LogP contribution in [-0.4, -0.2) is 21.7 Å². The molecule has 0 unspecified atom stereocenters. The molecule has 2 aromatic rings. The Balaban J connectivity index is 1.83. The molecule has 1 aliphatic rings. The van der Waals surface area contributed by atoms with Crippen molar-refractivity contribution in [2.75, 3.05) is 0 Å². The highest BCUT2D eigenvalue weighted by Crippen LogP contribution is 2.30. The highest BCUT2D eigenvalue weighted by atomic mass is 79.9. The van der Waals surface area contributed by atoms with Crippen LogP contribution >= 0.6 is 15.9 Å². The number of fused-ring (bicyclic) bond motifs is 1. The van der Waals surface area contributed by atoms with E-state index in [4.69, 9.17) is 10.5 Å². The molecule has 0 spiro atoms. The van der Waals surface area contributed by atoms with Gasteiger partial charge >= 0.3 is 0 Å². The largest absolute Gasteiger partial charge is 0.490 e. The molecule has 3 rings (SSSR count). The van der Waals surface area contributed by atoms with Gasteiger partial charge < -0.3 is 15.0 Å². The van der Waals surface area contributed by atoms with E-state index < -0.39 is 0 Å². The SMILES string of the molecule is Cn1cnc2c(Br)cc(OC3CCC(N)CC3)cc21. The molecular formula is C14H18BrN3O. The highest BCUT2D eigenvalue weighted by molar-refractivity contribution is 9.10. The van der Waals surface area contributed by atoms with Crippen LogP contribution in [0.1, 0.15) is 25.7 Å². The number of imidazole rings is 1.